The molecule has 2 N–H and O–H groups in total. The summed E-state index contributed by atoms with van der Waals surface area (Å²) in [6.07, 6.45) is 3.39. The van der Waals surface area contributed by atoms with Gasteiger partial charge in [0.2, 0.25) is 5.88 Å². The van der Waals surface area contributed by atoms with E-state index >= 15 is 0 Å². The number of allylic oxidation sites excluding steroid dienone is 1. The van der Waals surface area contributed by atoms with Crippen molar-refractivity contribution in [2.75, 3.05) is 13.7 Å². The van der Waals surface area contributed by atoms with Gasteiger partial charge in [0, 0.05) is 19.0 Å². The summed E-state index contributed by atoms with van der Waals surface area (Å²) in [6, 6.07) is 5.46. The van der Waals surface area contributed by atoms with Crippen LogP contribution in [0.1, 0.15) is 11.4 Å². The summed E-state index contributed by atoms with van der Waals surface area (Å²) in [4.78, 5) is 21.5. The van der Waals surface area contributed by atoms with E-state index in [0.29, 0.717) is 33.9 Å². The van der Waals surface area contributed by atoms with E-state index in [1.54, 1.807) is 29.2 Å². The standard InChI is InChI=1S/C19H17N3O4S/c1-22-19(25)13-5-3-4-12(17(13)27-22)16-18(26-2)21-14-7-10(9-23)6-11(24)8-15(14)20-16/h3-7,23-24H,8-9H2,1-2H3. The molecule has 1 aliphatic rings. The number of rotatable bonds is 3. The maximum Gasteiger partial charge on any atom is 0.268 e. The van der Waals surface area contributed by atoms with Gasteiger partial charge in [-0.1, -0.05) is 23.7 Å². The first kappa shape index (κ1) is 17.4. The lowest BCUT2D eigenvalue weighted by atomic mass is 10.1. The number of methoxy groups -OCH3 is 1. The highest BCUT2D eigenvalue weighted by Gasteiger charge is 2.21. The average Bonchev–Trinajstić information content (AvgIpc) is 2.86. The molecule has 0 amide bonds. The number of aromatic nitrogens is 3. The summed E-state index contributed by atoms with van der Waals surface area (Å²) in [6.45, 7) is -0.216. The molecule has 3 aromatic rings. The molecular weight excluding hydrogens is 366 g/mol. The molecule has 0 fully saturated rings. The lowest BCUT2D eigenvalue weighted by Gasteiger charge is -2.12. The predicted octanol–water partition coefficient (Wildman–Crippen LogP) is 2.44. The van der Waals surface area contributed by atoms with Gasteiger partial charge >= 0.3 is 0 Å². The van der Waals surface area contributed by atoms with Crippen LogP contribution in [0.4, 0.5) is 0 Å². The molecule has 2 heterocycles. The molecular formula is C19H17N3O4S. The monoisotopic (exact) mass is 383 g/mol. The Morgan fingerprint density at radius 1 is 1.30 bits per heavy atom. The van der Waals surface area contributed by atoms with E-state index in [0.717, 1.165) is 10.3 Å². The third-order valence-electron chi connectivity index (χ3n) is 4.38. The molecule has 0 aliphatic heterocycles. The second kappa shape index (κ2) is 6.64. The summed E-state index contributed by atoms with van der Waals surface area (Å²) in [7, 11) is 3.23. The van der Waals surface area contributed by atoms with Gasteiger partial charge in [-0.15, -0.1) is 0 Å². The summed E-state index contributed by atoms with van der Waals surface area (Å²) >= 11 is 1.34. The minimum atomic E-state index is -0.216. The average molecular weight is 383 g/mol. The van der Waals surface area contributed by atoms with Crippen LogP contribution in [0.25, 0.3) is 27.4 Å². The molecule has 1 aromatic carbocycles. The van der Waals surface area contributed by atoms with Crippen molar-refractivity contribution in [1.82, 2.24) is 13.9 Å². The van der Waals surface area contributed by atoms with Gasteiger partial charge in [-0.3, -0.25) is 8.75 Å². The van der Waals surface area contributed by atoms with Crippen LogP contribution in [-0.2, 0) is 13.5 Å². The molecule has 4 rings (SSSR count). The SMILES string of the molecule is COc1nc2c(nc1-c1cccc3c(=O)n(C)sc13)CC(O)=CC(CO)=C2. The highest BCUT2D eigenvalue weighted by atomic mass is 32.1. The van der Waals surface area contributed by atoms with Crippen molar-refractivity contribution in [1.29, 1.82) is 0 Å². The molecule has 0 spiro atoms. The fraction of sp³-hybridized carbons (Fsp3) is 0.211. The van der Waals surface area contributed by atoms with Crippen molar-refractivity contribution in [3.63, 3.8) is 0 Å². The largest absolute Gasteiger partial charge is 0.512 e. The number of aryl methyl sites for hydroxylation is 1. The zero-order valence-corrected chi connectivity index (χ0v) is 15.6. The number of nitrogens with zero attached hydrogens (tertiary/aromatic N) is 3. The molecule has 0 atom stereocenters. The van der Waals surface area contributed by atoms with Crippen LogP contribution in [0.3, 0.4) is 0 Å². The second-order valence-electron chi connectivity index (χ2n) is 6.18. The molecule has 0 unspecified atom stereocenters. The van der Waals surface area contributed by atoms with Crippen molar-refractivity contribution in [3.8, 4) is 17.1 Å². The summed E-state index contributed by atoms with van der Waals surface area (Å²) in [5.41, 5.74) is 2.85. The predicted molar refractivity (Wildman–Crippen MR) is 104 cm³/mol. The van der Waals surface area contributed by atoms with E-state index in [2.05, 4.69) is 4.98 Å². The summed E-state index contributed by atoms with van der Waals surface area (Å²) in [5.74, 6) is 0.418. The van der Waals surface area contributed by atoms with Gasteiger partial charge in [0.25, 0.3) is 5.56 Å². The van der Waals surface area contributed by atoms with Crippen LogP contribution < -0.4 is 10.3 Å². The number of aliphatic hydroxyl groups excluding tert-OH is 2. The number of benzene rings is 1. The number of aliphatic hydroxyl groups is 2. The fourth-order valence-electron chi connectivity index (χ4n) is 3.11. The second-order valence-corrected chi connectivity index (χ2v) is 7.32. The quantitative estimate of drug-likeness (QED) is 0.721. The van der Waals surface area contributed by atoms with Crippen molar-refractivity contribution in [2.24, 2.45) is 7.05 Å². The molecule has 0 bridgehead atoms. The Labute approximate surface area is 158 Å². The first-order valence-electron chi connectivity index (χ1n) is 8.27. The van der Waals surface area contributed by atoms with Crippen LogP contribution in [-0.4, -0.2) is 37.9 Å². The Hall–Kier alpha value is -2.97. The Morgan fingerprint density at radius 2 is 2.11 bits per heavy atom. The molecule has 1 aliphatic carbocycles. The first-order valence-corrected chi connectivity index (χ1v) is 9.04. The maximum atomic E-state index is 12.3. The van der Waals surface area contributed by atoms with Gasteiger partial charge in [0.05, 0.1) is 40.9 Å². The van der Waals surface area contributed by atoms with E-state index in [9.17, 15) is 15.0 Å². The van der Waals surface area contributed by atoms with Gasteiger partial charge in [-0.2, -0.15) is 0 Å². The maximum absolute atomic E-state index is 12.3. The third-order valence-corrected chi connectivity index (χ3v) is 5.44. The number of ether oxygens (including phenoxy) is 1. The molecule has 0 saturated carbocycles. The summed E-state index contributed by atoms with van der Waals surface area (Å²) < 4.78 is 7.84. The van der Waals surface area contributed by atoms with Gasteiger partial charge < -0.3 is 14.9 Å². The van der Waals surface area contributed by atoms with Crippen LogP contribution >= 0.6 is 11.5 Å². The first-order chi connectivity index (χ1) is 13.0. The van der Waals surface area contributed by atoms with Crippen molar-refractivity contribution < 1.29 is 14.9 Å². The molecule has 8 heteroatoms. The zero-order chi connectivity index (χ0) is 19.1. The third kappa shape index (κ3) is 2.92. The molecule has 27 heavy (non-hydrogen) atoms. The van der Waals surface area contributed by atoms with E-state index in [4.69, 9.17) is 9.72 Å². The molecule has 7 nitrogen and oxygen atoms in total. The normalized spacial score (nSPS) is 13.7. The number of fused-ring (bicyclic) bond motifs is 2. The van der Waals surface area contributed by atoms with Crippen molar-refractivity contribution >= 4 is 27.7 Å². The number of hydrogen-bond donors (Lipinski definition) is 2. The van der Waals surface area contributed by atoms with E-state index in [1.807, 2.05) is 6.07 Å². The van der Waals surface area contributed by atoms with Crippen LogP contribution in [0.15, 0.2) is 40.4 Å². The fourth-order valence-corrected chi connectivity index (χ4v) is 4.09. The Morgan fingerprint density at radius 3 is 2.85 bits per heavy atom. The van der Waals surface area contributed by atoms with Crippen LogP contribution in [0, 0.1) is 0 Å². The van der Waals surface area contributed by atoms with Gasteiger partial charge in [0.15, 0.2) is 0 Å². The highest BCUT2D eigenvalue weighted by Crippen LogP contribution is 2.35. The van der Waals surface area contributed by atoms with E-state index < -0.39 is 0 Å². The molecule has 0 radical (unpaired) electrons. The van der Waals surface area contributed by atoms with Crippen LogP contribution in [0.2, 0.25) is 0 Å². The van der Waals surface area contributed by atoms with Gasteiger partial charge in [-0.05, 0) is 23.8 Å². The Balaban J connectivity index is 1.98. The smallest absolute Gasteiger partial charge is 0.268 e. The molecule has 0 saturated heterocycles. The zero-order valence-electron chi connectivity index (χ0n) is 14.8. The number of hydrogen-bond acceptors (Lipinski definition) is 7. The van der Waals surface area contributed by atoms with Crippen molar-refractivity contribution in [3.05, 3.63) is 57.3 Å². The molecule has 2 aromatic heterocycles. The highest BCUT2D eigenvalue weighted by molar-refractivity contribution is 7.14. The van der Waals surface area contributed by atoms with E-state index in [1.165, 1.54) is 24.7 Å². The lowest BCUT2D eigenvalue weighted by molar-refractivity contribution is 0.333. The van der Waals surface area contributed by atoms with Gasteiger partial charge in [-0.25, -0.2) is 9.97 Å². The lowest BCUT2D eigenvalue weighted by Crippen LogP contribution is -2.07. The minimum absolute atomic E-state index is 0.0605. The minimum Gasteiger partial charge on any atom is -0.512 e. The van der Waals surface area contributed by atoms with Crippen LogP contribution in [0.5, 0.6) is 5.88 Å². The summed E-state index contributed by atoms with van der Waals surface area (Å²) in [5, 5.41) is 20.2. The Bertz CT molecular complexity index is 1170. The van der Waals surface area contributed by atoms with Crippen molar-refractivity contribution in [2.45, 2.75) is 6.42 Å². The topological polar surface area (TPSA) is 97.5 Å². The Kier molecular flexibility index (Phi) is 4.29. The molecule has 138 valence electrons. The van der Waals surface area contributed by atoms with E-state index in [-0.39, 0.29) is 24.3 Å². The van der Waals surface area contributed by atoms with Gasteiger partial charge in [0.1, 0.15) is 5.69 Å².